The predicted octanol–water partition coefficient (Wildman–Crippen LogP) is 2.78. The molecule has 4 rings (SSSR count). The van der Waals surface area contributed by atoms with Crippen molar-refractivity contribution >= 4 is 5.65 Å². The molecule has 0 spiro atoms. The fourth-order valence-electron chi connectivity index (χ4n) is 3.31. The first-order valence-corrected chi connectivity index (χ1v) is 8.91. The van der Waals surface area contributed by atoms with Crippen molar-refractivity contribution in [3.8, 4) is 11.8 Å². The van der Waals surface area contributed by atoms with Crippen LogP contribution in [0.25, 0.3) is 5.65 Å². The van der Waals surface area contributed by atoms with E-state index in [1.807, 2.05) is 31.3 Å². The number of aryl methyl sites for hydroxylation is 2. The average Bonchev–Trinajstić information content (AvgIpc) is 2.82. The maximum atomic E-state index is 12.9. The molecule has 0 amide bonds. The topological polar surface area (TPSA) is 37.6 Å². The lowest BCUT2D eigenvalue weighted by molar-refractivity contribution is 0.331. The summed E-state index contributed by atoms with van der Waals surface area (Å²) >= 11 is 0. The van der Waals surface area contributed by atoms with Crippen molar-refractivity contribution in [3.05, 3.63) is 80.9 Å². The summed E-state index contributed by atoms with van der Waals surface area (Å²) in [6.07, 6.45) is 3.67. The van der Waals surface area contributed by atoms with E-state index in [0.29, 0.717) is 12.2 Å². The molecule has 1 aromatic carbocycles. The van der Waals surface area contributed by atoms with Gasteiger partial charge in [0.25, 0.3) is 5.56 Å². The van der Waals surface area contributed by atoms with Gasteiger partial charge in [0, 0.05) is 23.9 Å². The van der Waals surface area contributed by atoms with Crippen LogP contribution in [0, 0.1) is 18.8 Å². The van der Waals surface area contributed by atoms with Gasteiger partial charge in [-0.2, -0.15) is 0 Å². The lowest BCUT2D eigenvalue weighted by Gasteiger charge is -2.13. The summed E-state index contributed by atoms with van der Waals surface area (Å²) in [5, 5.41) is 0. The summed E-state index contributed by atoms with van der Waals surface area (Å²) in [5.74, 6) is 6.35. The van der Waals surface area contributed by atoms with E-state index in [9.17, 15) is 4.79 Å². The molecule has 2 aromatic heterocycles. The molecule has 0 fully saturated rings. The van der Waals surface area contributed by atoms with Gasteiger partial charge < -0.3 is 4.90 Å². The van der Waals surface area contributed by atoms with Gasteiger partial charge in [0.2, 0.25) is 0 Å². The Balaban J connectivity index is 1.75. The molecule has 0 saturated heterocycles. The van der Waals surface area contributed by atoms with E-state index >= 15 is 0 Å². The van der Waals surface area contributed by atoms with Gasteiger partial charge in [-0.05, 0) is 57.6 Å². The first-order chi connectivity index (χ1) is 12.6. The predicted molar refractivity (Wildman–Crippen MR) is 103 cm³/mol. The fraction of sp³-hybridized carbons (Fsp3) is 0.273. The largest absolute Gasteiger partial charge is 0.302 e. The van der Waals surface area contributed by atoms with E-state index in [4.69, 9.17) is 4.98 Å². The third-order valence-corrected chi connectivity index (χ3v) is 4.79. The summed E-state index contributed by atoms with van der Waals surface area (Å²) in [5.41, 5.74) is 5.53. The number of fused-ring (bicyclic) bond motifs is 2. The van der Waals surface area contributed by atoms with Gasteiger partial charge in [0.15, 0.2) is 0 Å². The Bertz CT molecular complexity index is 1080. The molecule has 4 nitrogen and oxygen atoms in total. The van der Waals surface area contributed by atoms with Gasteiger partial charge in [0.1, 0.15) is 5.65 Å². The Morgan fingerprint density at radius 3 is 2.65 bits per heavy atom. The molecule has 0 bridgehead atoms. The molecule has 1 aliphatic heterocycles. The standard InChI is InChI=1S/C22H21N3O/c1-16-5-7-17(8-6-16)9-10-18-11-13-25-21(14-18)23-20-4-3-12-24(2)15-19(20)22(25)26/h5-8,11,13-14H,3-4,12,15H2,1-2H3. The van der Waals surface area contributed by atoms with Crippen LogP contribution in [0.1, 0.15) is 34.4 Å². The third kappa shape index (κ3) is 3.26. The van der Waals surface area contributed by atoms with Crippen LogP contribution >= 0.6 is 0 Å². The summed E-state index contributed by atoms with van der Waals surface area (Å²) in [6, 6.07) is 11.9. The number of pyridine rings is 1. The minimum atomic E-state index is 0.0387. The minimum absolute atomic E-state index is 0.0387. The van der Waals surface area contributed by atoms with E-state index in [0.717, 1.165) is 41.8 Å². The Morgan fingerprint density at radius 2 is 1.85 bits per heavy atom. The molecule has 0 unspecified atom stereocenters. The van der Waals surface area contributed by atoms with Crippen LogP contribution in [0.5, 0.6) is 0 Å². The van der Waals surface area contributed by atoms with Crippen molar-refractivity contribution in [2.75, 3.05) is 13.6 Å². The zero-order chi connectivity index (χ0) is 18.1. The molecule has 0 aliphatic carbocycles. The zero-order valence-corrected chi connectivity index (χ0v) is 15.1. The second kappa shape index (κ2) is 6.78. The molecule has 130 valence electrons. The highest BCUT2D eigenvalue weighted by atomic mass is 16.1. The Kier molecular flexibility index (Phi) is 4.32. The van der Waals surface area contributed by atoms with Crippen LogP contribution in [-0.4, -0.2) is 27.9 Å². The van der Waals surface area contributed by atoms with Crippen molar-refractivity contribution in [2.24, 2.45) is 0 Å². The summed E-state index contributed by atoms with van der Waals surface area (Å²) in [7, 11) is 2.05. The SMILES string of the molecule is Cc1ccc(C#Cc2ccn3c(=O)c4c(nc3c2)CCCN(C)C4)cc1. The second-order valence-electron chi connectivity index (χ2n) is 6.94. The first-order valence-electron chi connectivity index (χ1n) is 8.91. The maximum absolute atomic E-state index is 12.9. The van der Waals surface area contributed by atoms with E-state index in [1.54, 1.807) is 10.6 Å². The summed E-state index contributed by atoms with van der Waals surface area (Å²) in [4.78, 5) is 19.8. The first kappa shape index (κ1) is 16.6. The van der Waals surface area contributed by atoms with Crippen molar-refractivity contribution in [1.82, 2.24) is 14.3 Å². The quantitative estimate of drug-likeness (QED) is 0.589. The van der Waals surface area contributed by atoms with Crippen LogP contribution in [0.3, 0.4) is 0 Å². The monoisotopic (exact) mass is 343 g/mol. The maximum Gasteiger partial charge on any atom is 0.262 e. The van der Waals surface area contributed by atoms with E-state index in [-0.39, 0.29) is 5.56 Å². The number of nitrogens with zero attached hydrogens (tertiary/aromatic N) is 3. The number of hydrogen-bond donors (Lipinski definition) is 0. The molecule has 4 heteroatoms. The molecule has 0 saturated carbocycles. The molecule has 0 N–H and O–H groups in total. The molecule has 3 heterocycles. The lowest BCUT2D eigenvalue weighted by Crippen LogP contribution is -2.26. The highest BCUT2D eigenvalue weighted by molar-refractivity contribution is 5.51. The molecule has 1 aliphatic rings. The van der Waals surface area contributed by atoms with Crippen molar-refractivity contribution in [3.63, 3.8) is 0 Å². The number of rotatable bonds is 0. The molecular formula is C22H21N3O. The highest BCUT2D eigenvalue weighted by Crippen LogP contribution is 2.14. The molecule has 3 aromatic rings. The second-order valence-corrected chi connectivity index (χ2v) is 6.94. The summed E-state index contributed by atoms with van der Waals surface area (Å²) < 4.78 is 1.63. The number of hydrogen-bond acceptors (Lipinski definition) is 3. The van der Waals surface area contributed by atoms with Gasteiger partial charge in [-0.15, -0.1) is 0 Å². The highest BCUT2D eigenvalue weighted by Gasteiger charge is 2.17. The van der Waals surface area contributed by atoms with E-state index < -0.39 is 0 Å². The Hall–Kier alpha value is -2.90. The van der Waals surface area contributed by atoms with Crippen molar-refractivity contribution in [1.29, 1.82) is 0 Å². The van der Waals surface area contributed by atoms with Crippen LogP contribution in [0.4, 0.5) is 0 Å². The van der Waals surface area contributed by atoms with Gasteiger partial charge in [0.05, 0.1) is 11.3 Å². The van der Waals surface area contributed by atoms with Crippen LogP contribution in [0.15, 0.2) is 47.4 Å². The Labute approximate surface area is 153 Å². The summed E-state index contributed by atoms with van der Waals surface area (Å²) in [6.45, 7) is 3.72. The normalized spacial score (nSPS) is 14.4. The molecule has 0 radical (unpaired) electrons. The van der Waals surface area contributed by atoms with E-state index in [2.05, 4.69) is 35.8 Å². The Morgan fingerprint density at radius 1 is 1.08 bits per heavy atom. The van der Waals surface area contributed by atoms with Crippen LogP contribution in [0.2, 0.25) is 0 Å². The smallest absolute Gasteiger partial charge is 0.262 e. The van der Waals surface area contributed by atoms with Crippen LogP contribution < -0.4 is 5.56 Å². The number of benzene rings is 1. The van der Waals surface area contributed by atoms with Gasteiger partial charge in [-0.3, -0.25) is 9.20 Å². The molecule has 26 heavy (non-hydrogen) atoms. The van der Waals surface area contributed by atoms with Crippen LogP contribution in [-0.2, 0) is 13.0 Å². The van der Waals surface area contributed by atoms with Gasteiger partial charge in [-0.1, -0.05) is 29.5 Å². The number of aromatic nitrogens is 2. The van der Waals surface area contributed by atoms with Crippen molar-refractivity contribution < 1.29 is 0 Å². The average molecular weight is 343 g/mol. The molecular weight excluding hydrogens is 322 g/mol. The fourth-order valence-corrected chi connectivity index (χ4v) is 3.31. The van der Waals surface area contributed by atoms with E-state index in [1.165, 1.54) is 5.56 Å². The molecule has 0 atom stereocenters. The van der Waals surface area contributed by atoms with Gasteiger partial charge >= 0.3 is 0 Å². The minimum Gasteiger partial charge on any atom is -0.302 e. The third-order valence-electron chi connectivity index (χ3n) is 4.79. The zero-order valence-electron chi connectivity index (χ0n) is 15.1. The van der Waals surface area contributed by atoms with Gasteiger partial charge in [-0.25, -0.2) is 4.98 Å². The lowest BCUT2D eigenvalue weighted by atomic mass is 10.1. The van der Waals surface area contributed by atoms with Crippen molar-refractivity contribution in [2.45, 2.75) is 26.3 Å².